The molecule has 0 bridgehead atoms. The van der Waals surface area contributed by atoms with Crippen molar-refractivity contribution in [1.82, 2.24) is 9.88 Å². The van der Waals surface area contributed by atoms with E-state index in [4.69, 9.17) is 4.98 Å². The zero-order valence-corrected chi connectivity index (χ0v) is 15.3. The minimum Gasteiger partial charge on any atom is -0.334 e. The molecular weight excluding hydrogens is 322 g/mol. The van der Waals surface area contributed by atoms with Crippen molar-refractivity contribution in [1.29, 1.82) is 0 Å². The number of hydrogen-bond acceptors (Lipinski definition) is 2. The van der Waals surface area contributed by atoms with Gasteiger partial charge >= 0.3 is 0 Å². The van der Waals surface area contributed by atoms with Crippen molar-refractivity contribution in [2.24, 2.45) is 0 Å². The Bertz CT molecular complexity index is 941. The molecule has 2 heterocycles. The van der Waals surface area contributed by atoms with E-state index in [-0.39, 0.29) is 5.91 Å². The van der Waals surface area contributed by atoms with E-state index < -0.39 is 0 Å². The second-order valence-electron chi connectivity index (χ2n) is 7.19. The first-order valence-corrected chi connectivity index (χ1v) is 9.19. The van der Waals surface area contributed by atoms with E-state index in [1.165, 1.54) is 10.5 Å². The molecule has 1 fully saturated rings. The average molecular weight is 346 g/mol. The van der Waals surface area contributed by atoms with Crippen molar-refractivity contribution in [3.8, 4) is 11.3 Å². The number of rotatable bonds is 2. The molecule has 1 N–H and O–H groups in total. The van der Waals surface area contributed by atoms with Crippen LogP contribution in [0.2, 0.25) is 0 Å². The van der Waals surface area contributed by atoms with Crippen molar-refractivity contribution in [3.05, 3.63) is 65.7 Å². The third-order valence-corrected chi connectivity index (χ3v) is 5.20. The van der Waals surface area contributed by atoms with E-state index in [2.05, 4.69) is 38.2 Å². The number of carbonyl (C=O) groups excluding carboxylic acids is 1. The van der Waals surface area contributed by atoms with Gasteiger partial charge in [-0.3, -0.25) is 4.79 Å². The highest BCUT2D eigenvalue weighted by molar-refractivity contribution is 6.07. The van der Waals surface area contributed by atoms with Gasteiger partial charge < -0.3 is 9.80 Å². The average Bonchev–Trinajstić information content (AvgIpc) is 2.68. The summed E-state index contributed by atoms with van der Waals surface area (Å²) in [6.07, 6.45) is 0. The largest absolute Gasteiger partial charge is 0.334 e. The molecule has 2 aromatic carbocycles. The van der Waals surface area contributed by atoms with Gasteiger partial charge in [-0.2, -0.15) is 0 Å². The van der Waals surface area contributed by atoms with E-state index >= 15 is 0 Å². The van der Waals surface area contributed by atoms with Crippen molar-refractivity contribution in [2.45, 2.75) is 6.92 Å². The summed E-state index contributed by atoms with van der Waals surface area (Å²) in [5, 5.41) is 0.930. The maximum atomic E-state index is 13.2. The number of benzene rings is 2. The van der Waals surface area contributed by atoms with E-state index in [1.54, 1.807) is 0 Å². The lowest BCUT2D eigenvalue weighted by Crippen LogP contribution is -3.12. The number of pyridine rings is 1. The fourth-order valence-electron chi connectivity index (χ4n) is 3.49. The topological polar surface area (TPSA) is 37.6 Å². The third-order valence-electron chi connectivity index (χ3n) is 5.20. The molecule has 26 heavy (non-hydrogen) atoms. The Kier molecular flexibility index (Phi) is 4.43. The molecule has 1 amide bonds. The molecule has 0 unspecified atom stereocenters. The third kappa shape index (κ3) is 3.20. The summed E-state index contributed by atoms with van der Waals surface area (Å²) in [5.74, 6) is 0.115. The Balaban J connectivity index is 1.79. The van der Waals surface area contributed by atoms with Crippen LogP contribution in [0.1, 0.15) is 15.9 Å². The van der Waals surface area contributed by atoms with Gasteiger partial charge in [0, 0.05) is 10.9 Å². The van der Waals surface area contributed by atoms with Crippen LogP contribution in [-0.2, 0) is 0 Å². The number of piperazine rings is 1. The van der Waals surface area contributed by atoms with Gasteiger partial charge in [0.05, 0.1) is 50.0 Å². The van der Waals surface area contributed by atoms with Crippen molar-refractivity contribution in [3.63, 3.8) is 0 Å². The van der Waals surface area contributed by atoms with Crippen LogP contribution in [0.4, 0.5) is 0 Å². The van der Waals surface area contributed by atoms with Crippen molar-refractivity contribution < 1.29 is 9.69 Å². The van der Waals surface area contributed by atoms with Gasteiger partial charge in [0.1, 0.15) is 0 Å². The minimum atomic E-state index is 0.115. The smallest absolute Gasteiger partial charge is 0.255 e. The van der Waals surface area contributed by atoms with Gasteiger partial charge in [0.15, 0.2) is 0 Å². The summed E-state index contributed by atoms with van der Waals surface area (Å²) in [7, 11) is 2.18. The highest BCUT2D eigenvalue weighted by Gasteiger charge is 2.24. The Morgan fingerprint density at radius 1 is 1.04 bits per heavy atom. The normalized spacial score (nSPS) is 15.4. The summed E-state index contributed by atoms with van der Waals surface area (Å²) < 4.78 is 0. The molecule has 1 saturated heterocycles. The molecule has 1 aromatic heterocycles. The number of likely N-dealkylation sites (N-methyl/N-ethyl adjacent to an activating group) is 1. The first-order valence-electron chi connectivity index (χ1n) is 9.19. The number of aryl methyl sites for hydroxylation is 1. The molecule has 4 heteroatoms. The molecule has 132 valence electrons. The van der Waals surface area contributed by atoms with Crippen LogP contribution in [0.5, 0.6) is 0 Å². The summed E-state index contributed by atoms with van der Waals surface area (Å²) in [6, 6.07) is 18.2. The summed E-state index contributed by atoms with van der Waals surface area (Å²) in [6.45, 7) is 5.68. The monoisotopic (exact) mass is 346 g/mol. The Morgan fingerprint density at radius 3 is 2.46 bits per heavy atom. The number of amides is 1. The number of para-hydroxylation sites is 1. The molecule has 1 aliphatic rings. The molecule has 0 atom stereocenters. The lowest BCUT2D eigenvalue weighted by Gasteiger charge is -2.30. The molecule has 3 aromatic rings. The highest BCUT2D eigenvalue weighted by atomic mass is 16.2. The fraction of sp³-hybridized carbons (Fsp3) is 0.273. The van der Waals surface area contributed by atoms with Crippen molar-refractivity contribution in [2.75, 3.05) is 33.2 Å². The second-order valence-corrected chi connectivity index (χ2v) is 7.19. The van der Waals surface area contributed by atoms with E-state index in [1.807, 2.05) is 35.2 Å². The maximum absolute atomic E-state index is 13.2. The Hall–Kier alpha value is -2.72. The molecular formula is C22H24N3O+. The van der Waals surface area contributed by atoms with Crippen LogP contribution >= 0.6 is 0 Å². The molecule has 0 radical (unpaired) electrons. The van der Waals surface area contributed by atoms with Gasteiger partial charge in [-0.15, -0.1) is 0 Å². The van der Waals surface area contributed by atoms with E-state index in [0.717, 1.165) is 53.9 Å². The van der Waals surface area contributed by atoms with Crippen LogP contribution in [0.25, 0.3) is 22.2 Å². The number of quaternary nitrogens is 1. The summed E-state index contributed by atoms with van der Waals surface area (Å²) in [4.78, 5) is 21.5. The quantitative estimate of drug-likeness (QED) is 0.772. The van der Waals surface area contributed by atoms with Crippen LogP contribution in [0, 0.1) is 6.92 Å². The van der Waals surface area contributed by atoms with Gasteiger partial charge in [-0.1, -0.05) is 48.0 Å². The summed E-state index contributed by atoms with van der Waals surface area (Å²) in [5.41, 5.74) is 4.73. The minimum absolute atomic E-state index is 0.115. The number of nitrogens with zero attached hydrogens (tertiary/aromatic N) is 2. The molecule has 4 rings (SSSR count). The van der Waals surface area contributed by atoms with Crippen LogP contribution in [-0.4, -0.2) is 49.0 Å². The maximum Gasteiger partial charge on any atom is 0.255 e. The number of carbonyl (C=O) groups is 1. The standard InChI is InChI=1S/C22H23N3O/c1-16-7-9-17(10-8-16)21-15-19(18-5-3-4-6-20(18)23-21)22(26)25-13-11-24(2)12-14-25/h3-10,15H,11-14H2,1-2H3/p+1. The first-order chi connectivity index (χ1) is 12.6. The molecule has 0 aliphatic carbocycles. The zero-order chi connectivity index (χ0) is 18.1. The van der Waals surface area contributed by atoms with Crippen LogP contribution in [0.15, 0.2) is 54.6 Å². The first kappa shape index (κ1) is 16.7. The predicted octanol–water partition coefficient (Wildman–Crippen LogP) is 2.18. The van der Waals surface area contributed by atoms with E-state index in [9.17, 15) is 4.79 Å². The zero-order valence-electron chi connectivity index (χ0n) is 15.3. The van der Waals surface area contributed by atoms with E-state index in [0.29, 0.717) is 0 Å². The number of nitrogens with one attached hydrogen (secondary N) is 1. The summed E-state index contributed by atoms with van der Waals surface area (Å²) >= 11 is 0. The Morgan fingerprint density at radius 2 is 1.73 bits per heavy atom. The van der Waals surface area contributed by atoms with Gasteiger partial charge in [0.25, 0.3) is 5.91 Å². The van der Waals surface area contributed by atoms with Gasteiger partial charge in [-0.25, -0.2) is 4.98 Å². The Labute approximate surface area is 154 Å². The second kappa shape index (κ2) is 6.89. The number of fused-ring (bicyclic) bond motifs is 1. The number of hydrogen-bond donors (Lipinski definition) is 1. The SMILES string of the molecule is Cc1ccc(-c2cc(C(=O)N3CC[NH+](C)CC3)c3ccccc3n2)cc1. The molecule has 1 aliphatic heterocycles. The van der Waals surface area contributed by atoms with Gasteiger partial charge in [-0.05, 0) is 19.1 Å². The fourth-order valence-corrected chi connectivity index (χ4v) is 3.49. The molecule has 0 spiro atoms. The number of aromatic nitrogens is 1. The lowest BCUT2D eigenvalue weighted by molar-refractivity contribution is -0.883. The highest BCUT2D eigenvalue weighted by Crippen LogP contribution is 2.26. The van der Waals surface area contributed by atoms with Crippen LogP contribution in [0.3, 0.4) is 0 Å². The molecule has 0 saturated carbocycles. The van der Waals surface area contributed by atoms with Crippen LogP contribution < -0.4 is 4.90 Å². The lowest BCUT2D eigenvalue weighted by atomic mass is 10.0. The van der Waals surface area contributed by atoms with Gasteiger partial charge in [0.2, 0.25) is 0 Å². The molecule has 4 nitrogen and oxygen atoms in total. The van der Waals surface area contributed by atoms with Crippen molar-refractivity contribution >= 4 is 16.8 Å². The predicted molar refractivity (Wildman–Crippen MR) is 104 cm³/mol.